The maximum Gasteiger partial charge on any atom is 0.294 e. The van der Waals surface area contributed by atoms with Gasteiger partial charge in [-0.2, -0.15) is 0 Å². The number of nitro benzene ring substituents is 1. The van der Waals surface area contributed by atoms with E-state index < -0.39 is 4.92 Å². The van der Waals surface area contributed by atoms with Crippen molar-refractivity contribution in [3.63, 3.8) is 0 Å². The monoisotopic (exact) mass is 368 g/mol. The topological polar surface area (TPSA) is 69.9 Å². The summed E-state index contributed by atoms with van der Waals surface area (Å²) in [6.07, 6.45) is 0.852. The average Bonchev–Trinajstić information content (AvgIpc) is 2.81. The quantitative estimate of drug-likeness (QED) is 0.570. The van der Waals surface area contributed by atoms with Crippen LogP contribution in [0, 0.1) is 10.1 Å². The van der Waals surface area contributed by atoms with Crippen molar-refractivity contribution in [1.29, 1.82) is 0 Å². The molecule has 1 aromatic carbocycles. The predicted octanol–water partition coefficient (Wildman–Crippen LogP) is 2.63. The third-order valence-corrected chi connectivity index (χ3v) is 4.77. The molecular formula is C17H25ClN4O3. The first-order valence-corrected chi connectivity index (χ1v) is 9.03. The van der Waals surface area contributed by atoms with Crippen LogP contribution < -0.4 is 4.90 Å². The molecule has 138 valence electrons. The van der Waals surface area contributed by atoms with E-state index in [1.807, 2.05) is 23.6 Å². The molecule has 2 rings (SSSR count). The molecule has 1 fully saturated rings. The second kappa shape index (κ2) is 9.01. The lowest BCUT2D eigenvalue weighted by Gasteiger charge is -2.25. The molecule has 1 aliphatic rings. The van der Waals surface area contributed by atoms with Crippen molar-refractivity contribution in [1.82, 2.24) is 9.80 Å². The highest BCUT2D eigenvalue weighted by Crippen LogP contribution is 2.31. The molecule has 1 amide bonds. The minimum atomic E-state index is -0.395. The highest BCUT2D eigenvalue weighted by molar-refractivity contribution is 6.30. The summed E-state index contributed by atoms with van der Waals surface area (Å²) in [5, 5.41) is 11.7. The zero-order valence-electron chi connectivity index (χ0n) is 14.8. The van der Waals surface area contributed by atoms with Gasteiger partial charge in [-0.3, -0.25) is 19.8 Å². The van der Waals surface area contributed by atoms with Gasteiger partial charge in [-0.25, -0.2) is 0 Å². The van der Waals surface area contributed by atoms with Crippen molar-refractivity contribution >= 4 is 28.9 Å². The minimum Gasteiger partial charge on any atom is -0.365 e. The van der Waals surface area contributed by atoms with Gasteiger partial charge in [0.05, 0.1) is 11.5 Å². The Morgan fingerprint density at radius 1 is 1.24 bits per heavy atom. The molecular weight excluding hydrogens is 344 g/mol. The van der Waals surface area contributed by atoms with E-state index in [9.17, 15) is 14.9 Å². The fraction of sp³-hybridized carbons (Fsp3) is 0.588. The first-order chi connectivity index (χ1) is 12.0. The highest BCUT2D eigenvalue weighted by atomic mass is 35.5. The summed E-state index contributed by atoms with van der Waals surface area (Å²) in [5.41, 5.74) is 0.617. The van der Waals surface area contributed by atoms with Crippen molar-refractivity contribution in [3.05, 3.63) is 33.3 Å². The van der Waals surface area contributed by atoms with Crippen LogP contribution in [-0.4, -0.2) is 66.4 Å². The zero-order chi connectivity index (χ0) is 18.4. The Balaban J connectivity index is 2.05. The van der Waals surface area contributed by atoms with Gasteiger partial charge in [-0.05, 0) is 32.4 Å². The van der Waals surface area contributed by atoms with Crippen molar-refractivity contribution in [3.8, 4) is 0 Å². The summed E-state index contributed by atoms with van der Waals surface area (Å²) < 4.78 is 0. The molecule has 0 radical (unpaired) electrons. The van der Waals surface area contributed by atoms with Gasteiger partial charge in [0, 0.05) is 50.4 Å². The van der Waals surface area contributed by atoms with Gasteiger partial charge in [0.15, 0.2) is 0 Å². The second-order valence-electron chi connectivity index (χ2n) is 6.07. The normalized spacial score (nSPS) is 15.7. The fourth-order valence-electron chi connectivity index (χ4n) is 3.15. The van der Waals surface area contributed by atoms with Gasteiger partial charge < -0.3 is 9.80 Å². The first-order valence-electron chi connectivity index (χ1n) is 8.65. The molecule has 0 unspecified atom stereocenters. The smallest absolute Gasteiger partial charge is 0.294 e. The van der Waals surface area contributed by atoms with Gasteiger partial charge in [0.2, 0.25) is 5.91 Å². The van der Waals surface area contributed by atoms with Gasteiger partial charge in [0.1, 0.15) is 5.69 Å². The molecule has 1 heterocycles. The van der Waals surface area contributed by atoms with E-state index in [1.165, 1.54) is 6.07 Å². The fourth-order valence-corrected chi connectivity index (χ4v) is 3.31. The third kappa shape index (κ3) is 5.06. The van der Waals surface area contributed by atoms with E-state index in [0.29, 0.717) is 43.4 Å². The Bertz CT molecular complexity index is 622. The van der Waals surface area contributed by atoms with Crippen LogP contribution in [0.5, 0.6) is 0 Å². The van der Waals surface area contributed by atoms with Gasteiger partial charge in [-0.1, -0.05) is 11.6 Å². The maximum atomic E-state index is 12.3. The van der Waals surface area contributed by atoms with Crippen molar-refractivity contribution in [2.45, 2.75) is 20.3 Å². The summed E-state index contributed by atoms with van der Waals surface area (Å²) >= 11 is 5.90. The number of halogens is 1. The number of likely N-dealkylation sites (N-methyl/N-ethyl adjacent to an activating group) is 1. The standard InChI is InChI=1S/C17H25ClN4O3/c1-3-20(4-2)17(23)13-19-8-5-9-21(11-10-19)15-7-6-14(18)12-16(15)22(24)25/h6-7,12H,3-5,8-11,13H2,1-2H3. The van der Waals surface area contributed by atoms with E-state index in [4.69, 9.17) is 11.6 Å². The molecule has 0 aromatic heterocycles. The molecule has 1 saturated heterocycles. The van der Waals surface area contributed by atoms with E-state index in [0.717, 1.165) is 19.5 Å². The van der Waals surface area contributed by atoms with Crippen LogP contribution in [0.15, 0.2) is 18.2 Å². The first kappa shape index (κ1) is 19.5. The van der Waals surface area contributed by atoms with Crippen LogP contribution in [0.1, 0.15) is 20.3 Å². The molecule has 7 nitrogen and oxygen atoms in total. The largest absolute Gasteiger partial charge is 0.365 e. The van der Waals surface area contributed by atoms with Crippen LogP contribution in [0.4, 0.5) is 11.4 Å². The lowest BCUT2D eigenvalue weighted by molar-refractivity contribution is -0.384. The summed E-state index contributed by atoms with van der Waals surface area (Å²) in [4.78, 5) is 29.2. The number of hydrogen-bond acceptors (Lipinski definition) is 5. The molecule has 0 saturated carbocycles. The number of nitro groups is 1. The lowest BCUT2D eigenvalue weighted by Crippen LogP contribution is -2.41. The average molecular weight is 369 g/mol. The van der Waals surface area contributed by atoms with E-state index in [2.05, 4.69) is 4.90 Å². The van der Waals surface area contributed by atoms with Crippen LogP contribution in [-0.2, 0) is 4.79 Å². The third-order valence-electron chi connectivity index (χ3n) is 4.54. The predicted molar refractivity (Wildman–Crippen MR) is 99.3 cm³/mol. The highest BCUT2D eigenvalue weighted by Gasteiger charge is 2.24. The molecule has 0 atom stereocenters. The van der Waals surface area contributed by atoms with Crippen LogP contribution in [0.3, 0.4) is 0 Å². The van der Waals surface area contributed by atoms with E-state index in [1.54, 1.807) is 12.1 Å². The summed E-state index contributed by atoms with van der Waals surface area (Å²) in [6.45, 7) is 8.66. The molecule has 8 heteroatoms. The molecule has 0 bridgehead atoms. The number of anilines is 1. The summed E-state index contributed by atoms with van der Waals surface area (Å²) in [7, 11) is 0. The Labute approximate surface area is 153 Å². The summed E-state index contributed by atoms with van der Waals surface area (Å²) in [6, 6.07) is 4.77. The number of rotatable bonds is 6. The molecule has 0 N–H and O–H groups in total. The number of carbonyl (C=O) groups is 1. The number of benzene rings is 1. The van der Waals surface area contributed by atoms with Crippen molar-refractivity contribution < 1.29 is 9.72 Å². The maximum absolute atomic E-state index is 12.3. The molecule has 1 aromatic rings. The number of carbonyl (C=O) groups excluding carboxylic acids is 1. The Hall–Kier alpha value is -1.86. The van der Waals surface area contributed by atoms with Gasteiger partial charge >= 0.3 is 0 Å². The van der Waals surface area contributed by atoms with Crippen molar-refractivity contribution in [2.24, 2.45) is 0 Å². The van der Waals surface area contributed by atoms with Crippen LogP contribution in [0.25, 0.3) is 0 Å². The number of hydrogen-bond donors (Lipinski definition) is 0. The lowest BCUT2D eigenvalue weighted by atomic mass is 10.2. The molecule has 0 aliphatic carbocycles. The Morgan fingerprint density at radius 3 is 2.60 bits per heavy atom. The van der Waals surface area contributed by atoms with E-state index in [-0.39, 0.29) is 11.6 Å². The Morgan fingerprint density at radius 2 is 1.96 bits per heavy atom. The van der Waals surface area contributed by atoms with Crippen LogP contribution >= 0.6 is 11.6 Å². The zero-order valence-corrected chi connectivity index (χ0v) is 15.5. The Kier molecular flexibility index (Phi) is 7.01. The SMILES string of the molecule is CCN(CC)C(=O)CN1CCCN(c2ccc(Cl)cc2[N+](=O)[O-])CC1. The number of amides is 1. The second-order valence-corrected chi connectivity index (χ2v) is 6.51. The molecule has 25 heavy (non-hydrogen) atoms. The van der Waals surface area contributed by atoms with Gasteiger partial charge in [0.25, 0.3) is 5.69 Å². The minimum absolute atomic E-state index is 0.0279. The van der Waals surface area contributed by atoms with E-state index >= 15 is 0 Å². The molecule has 1 aliphatic heterocycles. The van der Waals surface area contributed by atoms with Crippen LogP contribution in [0.2, 0.25) is 5.02 Å². The van der Waals surface area contributed by atoms with Gasteiger partial charge in [-0.15, -0.1) is 0 Å². The summed E-state index contributed by atoms with van der Waals surface area (Å²) in [5.74, 6) is 0.135. The van der Waals surface area contributed by atoms with Crippen molar-refractivity contribution in [2.75, 3.05) is 50.7 Å². The molecule has 0 spiro atoms. The number of nitrogens with zero attached hydrogens (tertiary/aromatic N) is 4.